The number of carbonyl (C=O) groups is 1. The first kappa shape index (κ1) is 17.5. The van der Waals surface area contributed by atoms with E-state index < -0.39 is 0 Å². The summed E-state index contributed by atoms with van der Waals surface area (Å²) in [4.78, 5) is 18.9. The minimum atomic E-state index is -0.143. The molecule has 3 heterocycles. The molecular weight excluding hydrogens is 366 g/mol. The molecule has 0 atom stereocenters. The fourth-order valence-electron chi connectivity index (χ4n) is 2.91. The lowest BCUT2D eigenvalue weighted by Crippen LogP contribution is -2.26. The minimum absolute atomic E-state index is 0.143. The molecule has 0 saturated heterocycles. The van der Waals surface area contributed by atoms with Crippen molar-refractivity contribution in [3.8, 4) is 22.1 Å². The highest BCUT2D eigenvalue weighted by Gasteiger charge is 2.20. The molecule has 1 aromatic carbocycles. The normalized spacial score (nSPS) is 12.9. The van der Waals surface area contributed by atoms with Gasteiger partial charge in [0.25, 0.3) is 5.91 Å². The molecule has 1 aliphatic heterocycles. The van der Waals surface area contributed by atoms with Gasteiger partial charge >= 0.3 is 0 Å². The van der Waals surface area contributed by atoms with E-state index >= 15 is 0 Å². The van der Waals surface area contributed by atoms with Crippen LogP contribution in [0.2, 0.25) is 0 Å². The van der Waals surface area contributed by atoms with Gasteiger partial charge < -0.3 is 18.9 Å². The molecule has 7 nitrogen and oxygen atoms in total. The number of ether oxygens (including phenoxy) is 2. The maximum absolute atomic E-state index is 12.7. The third kappa shape index (κ3) is 3.40. The first-order valence-electron chi connectivity index (χ1n) is 8.55. The molecule has 0 saturated carbocycles. The molecule has 0 unspecified atom stereocenters. The average Bonchev–Trinajstić information content (AvgIpc) is 3.29. The number of aromatic nitrogens is 2. The van der Waals surface area contributed by atoms with Crippen molar-refractivity contribution in [3.05, 3.63) is 46.3 Å². The Kier molecular flexibility index (Phi) is 4.57. The van der Waals surface area contributed by atoms with Crippen LogP contribution in [0.1, 0.15) is 27.5 Å². The number of hydrogen-bond acceptors (Lipinski definition) is 7. The fraction of sp³-hybridized carbons (Fsp3) is 0.316. The van der Waals surface area contributed by atoms with Gasteiger partial charge in [-0.1, -0.05) is 5.16 Å². The van der Waals surface area contributed by atoms with Gasteiger partial charge in [0, 0.05) is 23.6 Å². The lowest BCUT2D eigenvalue weighted by Gasteiger charge is -2.18. The maximum atomic E-state index is 12.7. The maximum Gasteiger partial charge on any atom is 0.273 e. The average molecular weight is 385 g/mol. The van der Waals surface area contributed by atoms with Gasteiger partial charge in [-0.05, 0) is 32.0 Å². The minimum Gasteiger partial charge on any atom is -0.486 e. The molecule has 27 heavy (non-hydrogen) atoms. The number of carbonyl (C=O) groups excluding carboxylic acids is 1. The van der Waals surface area contributed by atoms with Crippen LogP contribution < -0.4 is 9.47 Å². The summed E-state index contributed by atoms with van der Waals surface area (Å²) in [5.41, 5.74) is 3.03. The number of hydrogen-bond donors (Lipinski definition) is 0. The Hall–Kier alpha value is -2.87. The van der Waals surface area contributed by atoms with E-state index in [9.17, 15) is 4.79 Å². The summed E-state index contributed by atoms with van der Waals surface area (Å²) in [6.45, 7) is 5.23. The summed E-state index contributed by atoms with van der Waals surface area (Å²) in [6.07, 6.45) is 0. The molecule has 3 aromatic rings. The summed E-state index contributed by atoms with van der Waals surface area (Å²) in [5, 5.41) is 6.47. The van der Waals surface area contributed by atoms with Crippen molar-refractivity contribution >= 4 is 17.2 Å². The predicted molar refractivity (Wildman–Crippen MR) is 100 cm³/mol. The lowest BCUT2D eigenvalue weighted by molar-refractivity contribution is 0.0779. The van der Waals surface area contributed by atoms with Crippen molar-refractivity contribution in [1.29, 1.82) is 0 Å². The Morgan fingerprint density at radius 3 is 2.74 bits per heavy atom. The van der Waals surface area contributed by atoms with Gasteiger partial charge in [0.15, 0.2) is 11.5 Å². The van der Waals surface area contributed by atoms with Crippen molar-refractivity contribution in [2.24, 2.45) is 0 Å². The molecular formula is C19H19N3O4S. The largest absolute Gasteiger partial charge is 0.486 e. The first-order chi connectivity index (χ1) is 13.0. The van der Waals surface area contributed by atoms with Crippen LogP contribution in [0.4, 0.5) is 0 Å². The van der Waals surface area contributed by atoms with E-state index in [4.69, 9.17) is 14.0 Å². The molecule has 0 bridgehead atoms. The van der Waals surface area contributed by atoms with Gasteiger partial charge in [-0.3, -0.25) is 4.79 Å². The van der Waals surface area contributed by atoms with E-state index in [-0.39, 0.29) is 5.91 Å². The van der Waals surface area contributed by atoms with E-state index in [2.05, 4.69) is 10.1 Å². The predicted octanol–water partition coefficient (Wildman–Crippen LogP) is 3.46. The topological polar surface area (TPSA) is 77.7 Å². The molecule has 4 rings (SSSR count). The van der Waals surface area contributed by atoms with E-state index in [0.717, 1.165) is 33.3 Å². The van der Waals surface area contributed by atoms with Gasteiger partial charge in [-0.15, -0.1) is 11.3 Å². The van der Waals surface area contributed by atoms with Gasteiger partial charge in [0.05, 0.1) is 12.2 Å². The number of nitrogens with zero attached hydrogens (tertiary/aromatic N) is 3. The van der Waals surface area contributed by atoms with E-state index in [1.165, 1.54) is 11.3 Å². The second-order valence-electron chi connectivity index (χ2n) is 6.36. The van der Waals surface area contributed by atoms with Gasteiger partial charge in [-0.25, -0.2) is 4.98 Å². The van der Waals surface area contributed by atoms with Crippen LogP contribution >= 0.6 is 11.3 Å². The van der Waals surface area contributed by atoms with Crippen LogP contribution in [-0.4, -0.2) is 41.2 Å². The third-order valence-electron chi connectivity index (χ3n) is 4.44. The fourth-order valence-corrected chi connectivity index (χ4v) is 3.70. The van der Waals surface area contributed by atoms with Crippen molar-refractivity contribution in [1.82, 2.24) is 15.0 Å². The van der Waals surface area contributed by atoms with E-state index in [0.29, 0.717) is 31.2 Å². The van der Waals surface area contributed by atoms with Crippen molar-refractivity contribution in [2.75, 3.05) is 20.3 Å². The molecule has 0 fully saturated rings. The second kappa shape index (κ2) is 7.03. The highest BCUT2D eigenvalue weighted by Crippen LogP contribution is 2.35. The molecule has 140 valence electrons. The zero-order valence-corrected chi connectivity index (χ0v) is 16.1. The Morgan fingerprint density at radius 2 is 2.00 bits per heavy atom. The number of amides is 1. The standard InChI is InChI=1S/C19H19N3O4S/c1-11-14(12(2)26-21-11)9-22(3)19(23)15-10-27-18(20-15)13-4-5-16-17(8-13)25-7-6-24-16/h4-5,8,10H,6-7,9H2,1-3H3. The van der Waals surface area contributed by atoms with E-state index in [1.807, 2.05) is 32.0 Å². The zero-order chi connectivity index (χ0) is 19.0. The lowest BCUT2D eigenvalue weighted by atomic mass is 10.2. The quantitative estimate of drug-likeness (QED) is 0.684. The summed E-state index contributed by atoms with van der Waals surface area (Å²) in [7, 11) is 1.75. The Morgan fingerprint density at radius 1 is 1.22 bits per heavy atom. The van der Waals surface area contributed by atoms with Crippen molar-refractivity contribution < 1.29 is 18.8 Å². The van der Waals surface area contributed by atoms with Gasteiger partial charge in [0.2, 0.25) is 0 Å². The molecule has 0 spiro atoms. The number of thiazole rings is 1. The van der Waals surface area contributed by atoms with Gasteiger partial charge in [-0.2, -0.15) is 0 Å². The number of aryl methyl sites for hydroxylation is 2. The highest BCUT2D eigenvalue weighted by atomic mass is 32.1. The Balaban J connectivity index is 1.52. The first-order valence-corrected chi connectivity index (χ1v) is 9.43. The molecule has 1 amide bonds. The van der Waals surface area contributed by atoms with Crippen LogP contribution in [0, 0.1) is 13.8 Å². The van der Waals surface area contributed by atoms with Crippen LogP contribution in [0.25, 0.3) is 10.6 Å². The molecule has 2 aromatic heterocycles. The van der Waals surface area contributed by atoms with Crippen molar-refractivity contribution in [3.63, 3.8) is 0 Å². The number of fused-ring (bicyclic) bond motifs is 1. The molecule has 8 heteroatoms. The Bertz CT molecular complexity index is 975. The summed E-state index contributed by atoms with van der Waals surface area (Å²) < 4.78 is 16.3. The second-order valence-corrected chi connectivity index (χ2v) is 7.22. The monoisotopic (exact) mass is 385 g/mol. The highest BCUT2D eigenvalue weighted by molar-refractivity contribution is 7.13. The zero-order valence-electron chi connectivity index (χ0n) is 15.3. The summed E-state index contributed by atoms with van der Waals surface area (Å²) in [5.74, 6) is 2.02. The Labute approximate surface area is 160 Å². The molecule has 0 aliphatic carbocycles. The third-order valence-corrected chi connectivity index (χ3v) is 5.33. The van der Waals surface area contributed by atoms with Crippen LogP contribution in [0.3, 0.4) is 0 Å². The molecule has 0 radical (unpaired) electrons. The molecule has 1 aliphatic rings. The number of benzene rings is 1. The van der Waals surface area contributed by atoms with Crippen LogP contribution in [0.15, 0.2) is 28.1 Å². The SMILES string of the molecule is Cc1noc(C)c1CN(C)C(=O)c1csc(-c2ccc3c(c2)OCCO3)n1. The summed E-state index contributed by atoms with van der Waals surface area (Å²) in [6, 6.07) is 5.69. The van der Waals surface area contributed by atoms with Crippen LogP contribution in [-0.2, 0) is 6.54 Å². The smallest absolute Gasteiger partial charge is 0.273 e. The summed E-state index contributed by atoms with van der Waals surface area (Å²) >= 11 is 1.43. The molecule has 0 N–H and O–H groups in total. The van der Waals surface area contributed by atoms with Gasteiger partial charge in [0.1, 0.15) is 29.7 Å². The van der Waals surface area contributed by atoms with Crippen LogP contribution in [0.5, 0.6) is 11.5 Å². The number of rotatable bonds is 4. The van der Waals surface area contributed by atoms with Crippen molar-refractivity contribution in [2.45, 2.75) is 20.4 Å². The van der Waals surface area contributed by atoms with E-state index in [1.54, 1.807) is 17.3 Å².